The zero-order valence-corrected chi connectivity index (χ0v) is 16.7. The molecule has 0 aliphatic rings. The Balaban J connectivity index is 1.76. The number of aliphatic imine (C=N–C) groups is 1. The molecule has 0 saturated heterocycles. The van der Waals surface area contributed by atoms with Crippen molar-refractivity contribution in [2.24, 2.45) is 4.99 Å². The fourth-order valence-corrected chi connectivity index (χ4v) is 2.81. The van der Waals surface area contributed by atoms with Crippen LogP contribution >= 0.6 is 0 Å². The molecule has 0 spiro atoms. The summed E-state index contributed by atoms with van der Waals surface area (Å²) in [4.78, 5) is 15.2. The molecule has 9 nitrogen and oxygen atoms in total. The molecule has 9 heteroatoms. The number of anilines is 1. The first kappa shape index (κ1) is 21.2. The van der Waals surface area contributed by atoms with Crippen molar-refractivity contribution >= 4 is 17.3 Å². The first-order chi connectivity index (χ1) is 13.5. The van der Waals surface area contributed by atoms with Crippen LogP contribution in [-0.2, 0) is 6.54 Å². The average Bonchev–Trinajstić information content (AvgIpc) is 2.99. The van der Waals surface area contributed by atoms with Gasteiger partial charge in [-0.3, -0.25) is 19.8 Å². The van der Waals surface area contributed by atoms with E-state index in [4.69, 9.17) is 0 Å². The molecule has 0 amide bonds. The predicted octanol–water partition coefficient (Wildman–Crippen LogP) is 2.47. The zero-order valence-electron chi connectivity index (χ0n) is 16.7. The molecule has 0 bridgehead atoms. The van der Waals surface area contributed by atoms with Gasteiger partial charge in [0.05, 0.1) is 10.6 Å². The highest BCUT2D eigenvalue weighted by molar-refractivity contribution is 5.79. The van der Waals surface area contributed by atoms with Crippen molar-refractivity contribution < 1.29 is 4.92 Å². The Hall–Kier alpha value is -3.10. The number of aryl methyl sites for hydroxylation is 3. The average molecular weight is 387 g/mol. The molecule has 1 aromatic heterocycles. The lowest BCUT2D eigenvalue weighted by molar-refractivity contribution is -0.384. The van der Waals surface area contributed by atoms with E-state index in [-0.39, 0.29) is 10.6 Å². The molecule has 3 N–H and O–H groups in total. The number of aromatic nitrogens is 2. The van der Waals surface area contributed by atoms with Gasteiger partial charge in [0, 0.05) is 44.5 Å². The van der Waals surface area contributed by atoms with Crippen LogP contribution in [0, 0.1) is 24.0 Å². The summed E-state index contributed by atoms with van der Waals surface area (Å²) in [6.07, 6.45) is 0.896. The second kappa shape index (κ2) is 10.9. The van der Waals surface area contributed by atoms with Gasteiger partial charge in [-0.2, -0.15) is 5.10 Å². The maximum atomic E-state index is 11.0. The Labute approximate surface area is 165 Å². The lowest BCUT2D eigenvalue weighted by Crippen LogP contribution is -2.39. The van der Waals surface area contributed by atoms with Gasteiger partial charge in [0.1, 0.15) is 5.69 Å². The molecule has 0 unspecified atom stereocenters. The van der Waals surface area contributed by atoms with Gasteiger partial charge in [-0.25, -0.2) is 0 Å². The van der Waals surface area contributed by atoms with E-state index in [2.05, 4.69) is 39.0 Å². The molecule has 2 aromatic rings. The fourth-order valence-electron chi connectivity index (χ4n) is 2.81. The third kappa shape index (κ3) is 6.57. The summed E-state index contributed by atoms with van der Waals surface area (Å²) < 4.78 is 2.00. The molecule has 28 heavy (non-hydrogen) atoms. The van der Waals surface area contributed by atoms with E-state index in [1.807, 2.05) is 18.5 Å². The van der Waals surface area contributed by atoms with Crippen molar-refractivity contribution in [1.29, 1.82) is 0 Å². The van der Waals surface area contributed by atoms with Gasteiger partial charge >= 0.3 is 0 Å². The monoisotopic (exact) mass is 387 g/mol. The number of hydrogen-bond acceptors (Lipinski definition) is 5. The van der Waals surface area contributed by atoms with Crippen LogP contribution in [0.2, 0.25) is 0 Å². The van der Waals surface area contributed by atoms with Gasteiger partial charge < -0.3 is 16.0 Å². The van der Waals surface area contributed by atoms with Crippen molar-refractivity contribution in [3.05, 3.63) is 51.8 Å². The highest BCUT2D eigenvalue weighted by Crippen LogP contribution is 2.22. The summed E-state index contributed by atoms with van der Waals surface area (Å²) in [5.74, 6) is 0.736. The Kier molecular flexibility index (Phi) is 8.26. The normalized spacial score (nSPS) is 11.3. The third-order valence-electron chi connectivity index (χ3n) is 4.08. The van der Waals surface area contributed by atoms with Gasteiger partial charge in [0.25, 0.3) is 5.69 Å². The number of guanidine groups is 1. The number of nitrogens with zero attached hydrogens (tertiary/aromatic N) is 4. The van der Waals surface area contributed by atoms with Crippen LogP contribution in [0.15, 0.2) is 35.3 Å². The highest BCUT2D eigenvalue weighted by Gasteiger charge is 2.11. The largest absolute Gasteiger partial charge is 0.378 e. The van der Waals surface area contributed by atoms with E-state index >= 15 is 0 Å². The van der Waals surface area contributed by atoms with Crippen LogP contribution in [0.5, 0.6) is 0 Å². The molecule has 2 rings (SSSR count). The van der Waals surface area contributed by atoms with Crippen molar-refractivity contribution in [3.63, 3.8) is 0 Å². The minimum absolute atomic E-state index is 0.0761. The van der Waals surface area contributed by atoms with Crippen molar-refractivity contribution in [2.45, 2.75) is 33.7 Å². The Morgan fingerprint density at radius 3 is 2.71 bits per heavy atom. The van der Waals surface area contributed by atoms with E-state index in [0.717, 1.165) is 36.9 Å². The SMILES string of the molecule is CCNC(=NCCCn1nc(C)cc1C)NCCNc1ccccc1[N+](=O)[O-]. The predicted molar refractivity (Wildman–Crippen MR) is 112 cm³/mol. The fraction of sp³-hybridized carbons (Fsp3) is 0.474. The molecule has 0 aliphatic carbocycles. The molecule has 1 heterocycles. The van der Waals surface area contributed by atoms with Crippen LogP contribution in [-0.4, -0.2) is 46.8 Å². The Bertz CT molecular complexity index is 801. The number of nitro benzene ring substituents is 1. The number of para-hydroxylation sites is 2. The van der Waals surface area contributed by atoms with Crippen LogP contribution < -0.4 is 16.0 Å². The van der Waals surface area contributed by atoms with Crippen molar-refractivity contribution in [1.82, 2.24) is 20.4 Å². The molecule has 152 valence electrons. The summed E-state index contributed by atoms with van der Waals surface area (Å²) in [5.41, 5.74) is 2.78. The Morgan fingerprint density at radius 2 is 2.04 bits per heavy atom. The molecule has 0 atom stereocenters. The van der Waals surface area contributed by atoms with Crippen LogP contribution in [0.1, 0.15) is 24.7 Å². The topological polar surface area (TPSA) is 109 Å². The van der Waals surface area contributed by atoms with E-state index < -0.39 is 0 Å². The standard InChI is InChI=1S/C19H29N7O2/c1-4-20-19(22-10-7-13-25-16(3)14-15(2)24-25)23-12-11-21-17-8-5-6-9-18(17)26(27)28/h5-6,8-9,14,21H,4,7,10-13H2,1-3H3,(H2,20,22,23). The maximum Gasteiger partial charge on any atom is 0.292 e. The molecule has 0 saturated carbocycles. The molecule has 0 radical (unpaired) electrons. The lowest BCUT2D eigenvalue weighted by Gasteiger charge is -2.12. The number of rotatable bonds is 10. The minimum Gasteiger partial charge on any atom is -0.378 e. The first-order valence-corrected chi connectivity index (χ1v) is 9.51. The highest BCUT2D eigenvalue weighted by atomic mass is 16.6. The number of nitrogens with one attached hydrogen (secondary N) is 3. The first-order valence-electron chi connectivity index (χ1n) is 9.51. The van der Waals surface area contributed by atoms with Gasteiger partial charge in [-0.05, 0) is 39.3 Å². The molecule has 0 fully saturated rings. The summed E-state index contributed by atoms with van der Waals surface area (Å²) >= 11 is 0. The summed E-state index contributed by atoms with van der Waals surface area (Å²) in [7, 11) is 0. The molecule has 0 aliphatic heterocycles. The van der Waals surface area contributed by atoms with Crippen molar-refractivity contribution in [2.75, 3.05) is 31.5 Å². The number of hydrogen-bond donors (Lipinski definition) is 3. The smallest absolute Gasteiger partial charge is 0.292 e. The zero-order chi connectivity index (χ0) is 20.4. The second-order valence-corrected chi connectivity index (χ2v) is 6.39. The van der Waals surface area contributed by atoms with E-state index in [0.29, 0.717) is 25.3 Å². The number of nitro groups is 1. The van der Waals surface area contributed by atoms with E-state index in [1.165, 1.54) is 6.07 Å². The lowest BCUT2D eigenvalue weighted by atomic mass is 10.2. The van der Waals surface area contributed by atoms with Gasteiger partial charge in [0.2, 0.25) is 0 Å². The van der Waals surface area contributed by atoms with E-state index in [9.17, 15) is 10.1 Å². The maximum absolute atomic E-state index is 11.0. The molecule has 1 aromatic carbocycles. The minimum atomic E-state index is -0.385. The van der Waals surface area contributed by atoms with Gasteiger partial charge in [-0.1, -0.05) is 12.1 Å². The van der Waals surface area contributed by atoms with Gasteiger partial charge in [0.15, 0.2) is 5.96 Å². The third-order valence-corrected chi connectivity index (χ3v) is 4.08. The second-order valence-electron chi connectivity index (χ2n) is 6.39. The number of benzene rings is 1. The summed E-state index contributed by atoms with van der Waals surface area (Å²) in [6, 6.07) is 8.69. The Morgan fingerprint density at radius 1 is 1.25 bits per heavy atom. The summed E-state index contributed by atoms with van der Waals surface area (Å²) in [5, 5.41) is 25.0. The summed E-state index contributed by atoms with van der Waals surface area (Å²) in [6.45, 7) is 9.48. The van der Waals surface area contributed by atoms with Gasteiger partial charge in [-0.15, -0.1) is 0 Å². The van der Waals surface area contributed by atoms with Crippen LogP contribution in [0.25, 0.3) is 0 Å². The van der Waals surface area contributed by atoms with Crippen LogP contribution in [0.4, 0.5) is 11.4 Å². The molecular formula is C19H29N7O2. The quantitative estimate of drug-likeness (QED) is 0.190. The molecular weight excluding hydrogens is 358 g/mol. The van der Waals surface area contributed by atoms with E-state index in [1.54, 1.807) is 18.2 Å². The van der Waals surface area contributed by atoms with Crippen molar-refractivity contribution in [3.8, 4) is 0 Å². The van der Waals surface area contributed by atoms with Crippen LogP contribution in [0.3, 0.4) is 0 Å².